The summed E-state index contributed by atoms with van der Waals surface area (Å²) in [5.74, 6) is 0. The third-order valence-electron chi connectivity index (χ3n) is 4.67. The van der Waals surface area contributed by atoms with Gasteiger partial charge in [-0.05, 0) is 25.3 Å². The monoisotopic (exact) mass is 263 g/mol. The van der Waals surface area contributed by atoms with Crippen molar-refractivity contribution in [2.24, 2.45) is 5.41 Å². The molecule has 0 spiro atoms. The smallest absolute Gasteiger partial charge is 0.0638 e. The maximum atomic E-state index is 9.15. The molecule has 0 N–H and O–H groups in total. The van der Waals surface area contributed by atoms with Gasteiger partial charge in [0.15, 0.2) is 0 Å². The van der Waals surface area contributed by atoms with E-state index in [0.717, 1.165) is 25.7 Å². The van der Waals surface area contributed by atoms with Gasteiger partial charge in [-0.15, -0.1) is 0 Å². The van der Waals surface area contributed by atoms with Crippen molar-refractivity contribution in [3.63, 3.8) is 0 Å². The topological polar surface area (TPSA) is 30.3 Å². The summed E-state index contributed by atoms with van der Waals surface area (Å²) < 4.78 is 0. The van der Waals surface area contributed by atoms with E-state index >= 15 is 0 Å². The van der Waals surface area contributed by atoms with Crippen molar-refractivity contribution in [3.8, 4) is 6.07 Å². The fourth-order valence-corrected chi connectivity index (χ4v) is 4.06. The van der Waals surface area contributed by atoms with Crippen LogP contribution < -0.4 is 0 Å². The number of hydrogen-bond acceptors (Lipinski definition) is 3. The number of hydrogen-bond donors (Lipinski definition) is 0. The molecule has 2 rings (SSSR count). The van der Waals surface area contributed by atoms with E-state index in [1.165, 1.54) is 32.1 Å². The zero-order valence-corrected chi connectivity index (χ0v) is 12.9. The average Bonchev–Trinajstić information content (AvgIpc) is 2.46. The van der Waals surface area contributed by atoms with E-state index in [2.05, 4.69) is 36.8 Å². The van der Waals surface area contributed by atoms with Gasteiger partial charge in [-0.3, -0.25) is 4.90 Å². The quantitative estimate of drug-likeness (QED) is 0.767. The van der Waals surface area contributed by atoms with Crippen molar-refractivity contribution >= 4 is 0 Å². The van der Waals surface area contributed by atoms with Crippen LogP contribution in [0.4, 0.5) is 0 Å². The lowest BCUT2D eigenvalue weighted by atomic mass is 9.88. The Labute approximate surface area is 118 Å². The number of nitriles is 1. The first-order valence-corrected chi connectivity index (χ1v) is 7.83. The Morgan fingerprint density at radius 2 is 1.84 bits per heavy atom. The lowest BCUT2D eigenvalue weighted by Gasteiger charge is -2.41. The van der Waals surface area contributed by atoms with Gasteiger partial charge in [0.25, 0.3) is 0 Å². The predicted molar refractivity (Wildman–Crippen MR) is 78.9 cm³/mol. The van der Waals surface area contributed by atoms with Crippen LogP contribution >= 0.6 is 0 Å². The van der Waals surface area contributed by atoms with Gasteiger partial charge in [0.2, 0.25) is 0 Å². The molecule has 1 aliphatic carbocycles. The summed E-state index contributed by atoms with van der Waals surface area (Å²) >= 11 is 0. The highest BCUT2D eigenvalue weighted by Crippen LogP contribution is 2.31. The Balaban J connectivity index is 2.15. The van der Waals surface area contributed by atoms with Gasteiger partial charge in [-0.1, -0.05) is 33.1 Å². The zero-order valence-electron chi connectivity index (χ0n) is 12.9. The van der Waals surface area contributed by atoms with E-state index in [0.29, 0.717) is 17.9 Å². The van der Waals surface area contributed by atoms with E-state index in [1.54, 1.807) is 0 Å². The van der Waals surface area contributed by atoms with Crippen molar-refractivity contribution < 1.29 is 0 Å². The second kappa shape index (κ2) is 6.24. The predicted octanol–water partition coefficient (Wildman–Crippen LogP) is 2.87. The molecular formula is C16H29N3. The number of rotatable bonds is 2. The highest BCUT2D eigenvalue weighted by atomic mass is 15.3. The highest BCUT2D eigenvalue weighted by molar-refractivity contribution is 4.94. The molecule has 1 saturated heterocycles. The van der Waals surface area contributed by atoms with E-state index in [4.69, 9.17) is 5.26 Å². The molecule has 1 aliphatic heterocycles. The van der Waals surface area contributed by atoms with Crippen LogP contribution in [0.2, 0.25) is 0 Å². The summed E-state index contributed by atoms with van der Waals surface area (Å²) in [5.41, 5.74) is 0.330. The molecule has 0 aromatic heterocycles. The molecule has 0 aromatic rings. The molecule has 0 bridgehead atoms. The largest absolute Gasteiger partial charge is 0.304 e. The van der Waals surface area contributed by atoms with Crippen molar-refractivity contribution in [2.45, 2.75) is 64.5 Å². The Hall–Kier alpha value is -0.590. The van der Waals surface area contributed by atoms with Gasteiger partial charge in [-0.25, -0.2) is 0 Å². The number of nitrogens with zero attached hydrogens (tertiary/aromatic N) is 3. The SMILES string of the molecule is CN1CC(CC#N)N(C2CCCCC2)CC(C)(C)C1. The maximum Gasteiger partial charge on any atom is 0.0638 e. The van der Waals surface area contributed by atoms with Crippen LogP contribution in [0.1, 0.15) is 52.4 Å². The zero-order chi connectivity index (χ0) is 13.9. The van der Waals surface area contributed by atoms with E-state index in [-0.39, 0.29) is 0 Å². The Morgan fingerprint density at radius 3 is 2.47 bits per heavy atom. The Bertz CT molecular complexity index is 325. The van der Waals surface area contributed by atoms with Crippen LogP contribution in [0.5, 0.6) is 0 Å². The van der Waals surface area contributed by atoms with Crippen LogP contribution in [-0.4, -0.2) is 48.6 Å². The third-order valence-corrected chi connectivity index (χ3v) is 4.67. The molecule has 3 nitrogen and oxygen atoms in total. The minimum absolute atomic E-state index is 0.330. The molecule has 1 saturated carbocycles. The minimum Gasteiger partial charge on any atom is -0.304 e. The molecule has 0 aromatic carbocycles. The first-order chi connectivity index (χ1) is 9.02. The molecule has 3 heteroatoms. The molecule has 1 unspecified atom stereocenters. The van der Waals surface area contributed by atoms with E-state index < -0.39 is 0 Å². The van der Waals surface area contributed by atoms with Crippen LogP contribution in [0.25, 0.3) is 0 Å². The average molecular weight is 263 g/mol. The molecule has 2 fully saturated rings. The number of likely N-dealkylation sites (N-methyl/N-ethyl adjacent to an activating group) is 1. The molecule has 0 amide bonds. The highest BCUT2D eigenvalue weighted by Gasteiger charge is 2.36. The van der Waals surface area contributed by atoms with Gasteiger partial charge in [0.05, 0.1) is 12.5 Å². The molecular weight excluding hydrogens is 234 g/mol. The van der Waals surface area contributed by atoms with Crippen molar-refractivity contribution in [2.75, 3.05) is 26.7 Å². The summed E-state index contributed by atoms with van der Waals surface area (Å²) in [7, 11) is 2.20. The van der Waals surface area contributed by atoms with Gasteiger partial charge in [-0.2, -0.15) is 5.26 Å². The molecule has 1 heterocycles. The summed E-state index contributed by atoms with van der Waals surface area (Å²) in [6.07, 6.45) is 7.49. The van der Waals surface area contributed by atoms with Crippen molar-refractivity contribution in [1.29, 1.82) is 5.26 Å². The summed E-state index contributed by atoms with van der Waals surface area (Å²) in [6.45, 7) is 8.07. The lowest BCUT2D eigenvalue weighted by Crippen LogP contribution is -2.48. The molecule has 1 atom stereocenters. The van der Waals surface area contributed by atoms with Crippen LogP contribution in [0.3, 0.4) is 0 Å². The maximum absolute atomic E-state index is 9.15. The van der Waals surface area contributed by atoms with Crippen LogP contribution in [-0.2, 0) is 0 Å². The fourth-order valence-electron chi connectivity index (χ4n) is 4.06. The Morgan fingerprint density at radius 1 is 1.16 bits per heavy atom. The van der Waals surface area contributed by atoms with E-state index in [1.807, 2.05) is 0 Å². The molecule has 2 aliphatic rings. The first kappa shape index (κ1) is 14.8. The van der Waals surface area contributed by atoms with Gasteiger partial charge in [0.1, 0.15) is 0 Å². The Kier molecular flexibility index (Phi) is 4.86. The molecule has 0 radical (unpaired) electrons. The minimum atomic E-state index is 0.330. The van der Waals surface area contributed by atoms with Gasteiger partial charge in [0, 0.05) is 31.7 Å². The van der Waals surface area contributed by atoms with Crippen LogP contribution in [0, 0.1) is 16.7 Å². The van der Waals surface area contributed by atoms with Crippen molar-refractivity contribution in [1.82, 2.24) is 9.80 Å². The first-order valence-electron chi connectivity index (χ1n) is 7.83. The third kappa shape index (κ3) is 3.94. The van der Waals surface area contributed by atoms with Gasteiger partial charge >= 0.3 is 0 Å². The molecule has 108 valence electrons. The van der Waals surface area contributed by atoms with Crippen molar-refractivity contribution in [3.05, 3.63) is 0 Å². The lowest BCUT2D eigenvalue weighted by molar-refractivity contribution is 0.0816. The molecule has 19 heavy (non-hydrogen) atoms. The van der Waals surface area contributed by atoms with E-state index in [9.17, 15) is 0 Å². The summed E-state index contributed by atoms with van der Waals surface area (Å²) in [6, 6.07) is 3.56. The second-order valence-electron chi connectivity index (χ2n) is 7.34. The standard InChI is InChI=1S/C16H29N3/c1-16(2)12-18(3)11-15(9-10-17)19(13-16)14-7-5-4-6-8-14/h14-15H,4-9,11-13H2,1-3H3. The van der Waals surface area contributed by atoms with Crippen LogP contribution in [0.15, 0.2) is 0 Å². The summed E-state index contributed by atoms with van der Waals surface area (Å²) in [4.78, 5) is 5.11. The normalized spacial score (nSPS) is 30.7. The van der Waals surface area contributed by atoms with Gasteiger partial charge < -0.3 is 4.90 Å². The summed E-state index contributed by atoms with van der Waals surface area (Å²) in [5, 5.41) is 9.15. The fraction of sp³-hybridized carbons (Fsp3) is 0.938. The second-order valence-corrected chi connectivity index (χ2v) is 7.34.